The van der Waals surface area contributed by atoms with E-state index in [0.717, 1.165) is 0 Å². The lowest BCUT2D eigenvalue weighted by Gasteiger charge is -2.29. The second kappa shape index (κ2) is 3.88. The first kappa shape index (κ1) is 9.84. The van der Waals surface area contributed by atoms with Crippen molar-refractivity contribution in [1.29, 1.82) is 0 Å². The molecule has 0 bridgehead atoms. The molecule has 0 aliphatic heterocycles. The minimum absolute atomic E-state index is 0.178. The summed E-state index contributed by atoms with van der Waals surface area (Å²) < 4.78 is 0. The van der Waals surface area contributed by atoms with Gasteiger partial charge in [0.05, 0.1) is 6.61 Å². The molecule has 4 N–H and O–H groups in total. The van der Waals surface area contributed by atoms with Gasteiger partial charge in [0, 0.05) is 5.92 Å². The quantitative estimate of drug-likeness (QED) is 0.327. The fraction of sp³-hybridized carbons (Fsp3) is 1.00. The Bertz CT molecular complexity index is 93.0. The molecule has 0 aromatic carbocycles. The van der Waals surface area contributed by atoms with Crippen molar-refractivity contribution in [3.8, 4) is 0 Å². The summed E-state index contributed by atoms with van der Waals surface area (Å²) in [6, 6.07) is 0. The van der Waals surface area contributed by atoms with E-state index >= 15 is 0 Å². The molecular formula is C6H15NO3. The third-order valence-corrected chi connectivity index (χ3v) is 1.86. The first-order chi connectivity index (χ1) is 4.60. The molecule has 0 heterocycles. The molecule has 0 aliphatic rings. The van der Waals surface area contributed by atoms with E-state index in [4.69, 9.17) is 10.3 Å². The van der Waals surface area contributed by atoms with Crippen LogP contribution in [0.3, 0.4) is 0 Å². The van der Waals surface area contributed by atoms with Gasteiger partial charge in [0.2, 0.25) is 0 Å². The summed E-state index contributed by atoms with van der Waals surface area (Å²) >= 11 is 0. The molecule has 0 aliphatic carbocycles. The van der Waals surface area contributed by atoms with E-state index < -0.39 is 12.3 Å². The van der Waals surface area contributed by atoms with Crippen LogP contribution in [0.1, 0.15) is 20.3 Å². The van der Waals surface area contributed by atoms with Crippen LogP contribution in [-0.4, -0.2) is 27.8 Å². The number of hydrogen-bond acceptors (Lipinski definition) is 4. The predicted molar refractivity (Wildman–Crippen MR) is 36.4 cm³/mol. The Hall–Kier alpha value is -0.160. The monoisotopic (exact) mass is 149 g/mol. The molecule has 0 spiro atoms. The molecule has 10 heavy (non-hydrogen) atoms. The van der Waals surface area contributed by atoms with Crippen LogP contribution in [0.5, 0.6) is 0 Å². The number of hydroxylamine groups is 1. The maximum absolute atomic E-state index is 9.29. The summed E-state index contributed by atoms with van der Waals surface area (Å²) in [6.45, 7) is 3.11. The maximum Gasteiger partial charge on any atom is 0.163 e. The van der Waals surface area contributed by atoms with Crippen LogP contribution in [0.15, 0.2) is 0 Å². The van der Waals surface area contributed by atoms with Crippen LogP contribution in [-0.2, 0) is 0 Å². The molecule has 0 saturated heterocycles. The molecule has 2 unspecified atom stereocenters. The molecule has 0 amide bonds. The number of rotatable bonds is 4. The number of nitrogens with one attached hydrogen (secondary N) is 1. The van der Waals surface area contributed by atoms with Crippen LogP contribution in [0.2, 0.25) is 0 Å². The lowest BCUT2D eigenvalue weighted by Crippen LogP contribution is -2.51. The van der Waals surface area contributed by atoms with E-state index in [0.29, 0.717) is 6.42 Å². The highest BCUT2D eigenvalue weighted by Gasteiger charge is 2.30. The zero-order valence-electron chi connectivity index (χ0n) is 6.33. The molecule has 0 aromatic heterocycles. The summed E-state index contributed by atoms with van der Waals surface area (Å²) in [5.74, 6) is -0.178. The Kier molecular flexibility index (Phi) is 3.81. The summed E-state index contributed by atoms with van der Waals surface area (Å²) in [4.78, 5) is 0. The van der Waals surface area contributed by atoms with Gasteiger partial charge in [0.25, 0.3) is 0 Å². The standard InChI is InChI=1S/C6H15NO3/c1-3-5(2)6(9,4-8)7-10/h5,7-10H,3-4H2,1-2H3. The Morgan fingerprint density at radius 2 is 2.10 bits per heavy atom. The fourth-order valence-electron chi connectivity index (χ4n) is 0.639. The van der Waals surface area contributed by atoms with Crippen LogP contribution < -0.4 is 5.48 Å². The van der Waals surface area contributed by atoms with Gasteiger partial charge in [-0.25, -0.2) is 0 Å². The van der Waals surface area contributed by atoms with Crippen molar-refractivity contribution < 1.29 is 15.4 Å². The summed E-state index contributed by atoms with van der Waals surface area (Å²) in [6.07, 6.45) is 0.685. The molecule has 0 radical (unpaired) electrons. The normalized spacial score (nSPS) is 20.1. The zero-order valence-corrected chi connectivity index (χ0v) is 6.33. The highest BCUT2D eigenvalue weighted by molar-refractivity contribution is 4.75. The number of aliphatic hydroxyl groups excluding tert-OH is 1. The minimum Gasteiger partial charge on any atom is -0.392 e. The molecular weight excluding hydrogens is 134 g/mol. The van der Waals surface area contributed by atoms with Gasteiger partial charge in [0.15, 0.2) is 5.72 Å². The Balaban J connectivity index is 4.02. The van der Waals surface area contributed by atoms with Crippen LogP contribution in [0, 0.1) is 5.92 Å². The van der Waals surface area contributed by atoms with Gasteiger partial charge in [0.1, 0.15) is 0 Å². The van der Waals surface area contributed by atoms with E-state index in [-0.39, 0.29) is 5.92 Å². The molecule has 4 heteroatoms. The Morgan fingerprint density at radius 1 is 1.60 bits per heavy atom. The van der Waals surface area contributed by atoms with Gasteiger partial charge in [-0.1, -0.05) is 13.8 Å². The van der Waals surface area contributed by atoms with Crippen molar-refractivity contribution in [3.05, 3.63) is 0 Å². The van der Waals surface area contributed by atoms with Gasteiger partial charge >= 0.3 is 0 Å². The number of hydrogen-bond donors (Lipinski definition) is 4. The molecule has 0 saturated carbocycles. The Morgan fingerprint density at radius 3 is 2.20 bits per heavy atom. The van der Waals surface area contributed by atoms with Gasteiger partial charge in [-0.05, 0) is 6.42 Å². The molecule has 0 fully saturated rings. The van der Waals surface area contributed by atoms with Crippen molar-refractivity contribution in [2.24, 2.45) is 5.92 Å². The van der Waals surface area contributed by atoms with Crippen molar-refractivity contribution >= 4 is 0 Å². The lowest BCUT2D eigenvalue weighted by atomic mass is 9.97. The lowest BCUT2D eigenvalue weighted by molar-refractivity contribution is -0.153. The van der Waals surface area contributed by atoms with Crippen molar-refractivity contribution in [2.45, 2.75) is 26.0 Å². The maximum atomic E-state index is 9.29. The van der Waals surface area contributed by atoms with Crippen LogP contribution in [0.25, 0.3) is 0 Å². The second-order valence-electron chi connectivity index (χ2n) is 2.50. The first-order valence-electron chi connectivity index (χ1n) is 3.35. The first-order valence-corrected chi connectivity index (χ1v) is 3.35. The van der Waals surface area contributed by atoms with Crippen molar-refractivity contribution in [2.75, 3.05) is 6.61 Å². The van der Waals surface area contributed by atoms with Crippen LogP contribution >= 0.6 is 0 Å². The third-order valence-electron chi connectivity index (χ3n) is 1.86. The molecule has 0 aromatic rings. The Labute approximate surface area is 60.5 Å². The van der Waals surface area contributed by atoms with Gasteiger partial charge in [-0.15, -0.1) is 0 Å². The highest BCUT2D eigenvalue weighted by Crippen LogP contribution is 2.15. The molecule has 0 rings (SSSR count). The molecule has 4 nitrogen and oxygen atoms in total. The van der Waals surface area contributed by atoms with Gasteiger partial charge < -0.3 is 15.4 Å². The zero-order chi connectivity index (χ0) is 8.20. The SMILES string of the molecule is CCC(C)C(O)(CO)NO. The third kappa shape index (κ3) is 1.91. The topological polar surface area (TPSA) is 72.7 Å². The summed E-state index contributed by atoms with van der Waals surface area (Å²) in [5, 5.41) is 26.3. The average Bonchev–Trinajstić information content (AvgIpc) is 2.01. The minimum atomic E-state index is -1.55. The summed E-state index contributed by atoms with van der Waals surface area (Å²) in [5.41, 5.74) is 0.137. The van der Waals surface area contributed by atoms with Crippen molar-refractivity contribution in [1.82, 2.24) is 5.48 Å². The van der Waals surface area contributed by atoms with Crippen LogP contribution in [0.4, 0.5) is 0 Å². The fourth-order valence-corrected chi connectivity index (χ4v) is 0.639. The average molecular weight is 149 g/mol. The van der Waals surface area contributed by atoms with E-state index in [1.807, 2.05) is 6.92 Å². The van der Waals surface area contributed by atoms with Gasteiger partial charge in [-0.2, -0.15) is 5.48 Å². The van der Waals surface area contributed by atoms with E-state index in [2.05, 4.69) is 0 Å². The summed E-state index contributed by atoms with van der Waals surface area (Å²) in [7, 11) is 0. The molecule has 2 atom stereocenters. The smallest absolute Gasteiger partial charge is 0.163 e. The second-order valence-corrected chi connectivity index (χ2v) is 2.50. The number of aliphatic hydroxyl groups is 2. The van der Waals surface area contributed by atoms with E-state index in [1.54, 1.807) is 12.4 Å². The van der Waals surface area contributed by atoms with Crippen molar-refractivity contribution in [3.63, 3.8) is 0 Å². The van der Waals surface area contributed by atoms with Gasteiger partial charge in [-0.3, -0.25) is 0 Å². The largest absolute Gasteiger partial charge is 0.392 e. The van der Waals surface area contributed by atoms with E-state index in [9.17, 15) is 5.11 Å². The predicted octanol–water partition coefficient (Wildman–Crippen LogP) is -0.308. The molecule has 62 valence electrons. The highest BCUT2D eigenvalue weighted by atomic mass is 16.5. The van der Waals surface area contributed by atoms with E-state index in [1.165, 1.54) is 0 Å².